The molecule has 0 spiro atoms. The summed E-state index contributed by atoms with van der Waals surface area (Å²) in [5.74, 6) is 1.08. The van der Waals surface area contributed by atoms with E-state index >= 15 is 0 Å². The summed E-state index contributed by atoms with van der Waals surface area (Å²) in [5.41, 5.74) is 2.30. The van der Waals surface area contributed by atoms with Gasteiger partial charge in [0.15, 0.2) is 0 Å². The number of benzene rings is 1. The lowest BCUT2D eigenvalue weighted by molar-refractivity contribution is -0.384. The van der Waals surface area contributed by atoms with E-state index in [2.05, 4.69) is 39.5 Å². The van der Waals surface area contributed by atoms with E-state index in [-0.39, 0.29) is 10.6 Å². The summed E-state index contributed by atoms with van der Waals surface area (Å²) in [7, 11) is 0. The van der Waals surface area contributed by atoms with Crippen molar-refractivity contribution in [1.29, 1.82) is 0 Å². The molecule has 3 aromatic rings. The Morgan fingerprint density at radius 3 is 2.50 bits per heavy atom. The molecule has 1 fully saturated rings. The topological polar surface area (TPSA) is 71.3 Å². The van der Waals surface area contributed by atoms with Crippen molar-refractivity contribution in [1.82, 2.24) is 10.3 Å². The zero-order chi connectivity index (χ0) is 19.3. The third kappa shape index (κ3) is 4.37. The van der Waals surface area contributed by atoms with Crippen molar-refractivity contribution in [3.63, 3.8) is 0 Å². The van der Waals surface area contributed by atoms with Crippen LogP contribution in [0.3, 0.4) is 0 Å². The van der Waals surface area contributed by atoms with Gasteiger partial charge in [-0.3, -0.25) is 10.1 Å². The first-order chi connectivity index (χ1) is 13.7. The van der Waals surface area contributed by atoms with E-state index in [1.807, 2.05) is 6.20 Å². The highest BCUT2D eigenvalue weighted by Gasteiger charge is 2.13. The molecule has 144 valence electrons. The van der Waals surface area contributed by atoms with Crippen LogP contribution >= 0.6 is 11.3 Å². The molecule has 2 aromatic heterocycles. The van der Waals surface area contributed by atoms with Crippen molar-refractivity contribution in [2.24, 2.45) is 0 Å². The quantitative estimate of drug-likeness (QED) is 0.468. The monoisotopic (exact) mass is 394 g/mol. The second-order valence-corrected chi connectivity index (χ2v) is 8.06. The van der Waals surface area contributed by atoms with Crippen LogP contribution in [0.2, 0.25) is 0 Å². The fourth-order valence-electron chi connectivity index (χ4n) is 3.36. The smallest absolute Gasteiger partial charge is 0.269 e. The van der Waals surface area contributed by atoms with Gasteiger partial charge in [0.1, 0.15) is 5.82 Å². The van der Waals surface area contributed by atoms with Crippen molar-refractivity contribution in [3.05, 3.63) is 75.3 Å². The number of hydrogen-bond acceptors (Lipinski definition) is 6. The number of anilines is 1. The Balaban J connectivity index is 1.30. The number of thiophene rings is 1. The van der Waals surface area contributed by atoms with Crippen LogP contribution in [0.25, 0.3) is 10.4 Å². The van der Waals surface area contributed by atoms with Gasteiger partial charge in [0.2, 0.25) is 0 Å². The highest BCUT2D eigenvalue weighted by Crippen LogP contribution is 2.29. The lowest BCUT2D eigenvalue weighted by Gasteiger charge is -2.16. The normalized spacial score (nSPS) is 13.8. The molecule has 4 rings (SSSR count). The van der Waals surface area contributed by atoms with Gasteiger partial charge in [-0.25, -0.2) is 4.98 Å². The molecular weight excluding hydrogens is 372 g/mol. The molecule has 0 amide bonds. The van der Waals surface area contributed by atoms with Gasteiger partial charge in [0.25, 0.3) is 5.69 Å². The number of rotatable bonds is 7. The lowest BCUT2D eigenvalue weighted by atomic mass is 10.2. The maximum absolute atomic E-state index is 10.8. The average Bonchev–Trinajstić information content (AvgIpc) is 3.41. The molecular formula is C21H22N4O2S. The van der Waals surface area contributed by atoms with Gasteiger partial charge >= 0.3 is 0 Å². The SMILES string of the molecule is O=[N+]([O-])c1ccc(-c2ccc(CNCc3ccc(N4CCCC4)nc3)s2)cc1. The van der Waals surface area contributed by atoms with Crippen molar-refractivity contribution in [2.45, 2.75) is 25.9 Å². The van der Waals surface area contributed by atoms with E-state index in [9.17, 15) is 10.1 Å². The minimum atomic E-state index is -0.375. The molecule has 0 aliphatic carbocycles. The predicted octanol–water partition coefficient (Wildman–Crippen LogP) is 4.61. The van der Waals surface area contributed by atoms with Crippen LogP contribution in [0.5, 0.6) is 0 Å². The number of nitrogens with zero attached hydrogens (tertiary/aromatic N) is 3. The van der Waals surface area contributed by atoms with Gasteiger partial charge in [-0.1, -0.05) is 6.07 Å². The van der Waals surface area contributed by atoms with Crippen LogP contribution in [0.1, 0.15) is 23.3 Å². The van der Waals surface area contributed by atoms with Crippen molar-refractivity contribution in [3.8, 4) is 10.4 Å². The molecule has 1 saturated heterocycles. The lowest BCUT2D eigenvalue weighted by Crippen LogP contribution is -2.19. The van der Waals surface area contributed by atoms with E-state index in [1.165, 1.54) is 23.3 Å². The summed E-state index contributed by atoms with van der Waals surface area (Å²) < 4.78 is 0. The van der Waals surface area contributed by atoms with Gasteiger partial charge in [-0.2, -0.15) is 0 Å². The molecule has 0 atom stereocenters. The summed E-state index contributed by atoms with van der Waals surface area (Å²) in [6.07, 6.45) is 4.47. The molecule has 1 aliphatic heterocycles. The van der Waals surface area contributed by atoms with Gasteiger partial charge in [-0.05, 0) is 54.3 Å². The van der Waals surface area contributed by atoms with Crippen LogP contribution < -0.4 is 10.2 Å². The van der Waals surface area contributed by atoms with Crippen LogP contribution in [0.15, 0.2) is 54.7 Å². The highest BCUT2D eigenvalue weighted by molar-refractivity contribution is 7.15. The van der Waals surface area contributed by atoms with Crippen LogP contribution in [-0.2, 0) is 13.1 Å². The summed E-state index contributed by atoms with van der Waals surface area (Å²) in [6, 6.07) is 15.1. The van der Waals surface area contributed by atoms with Crippen LogP contribution in [-0.4, -0.2) is 23.0 Å². The third-order valence-electron chi connectivity index (χ3n) is 4.89. The molecule has 3 heterocycles. The molecule has 28 heavy (non-hydrogen) atoms. The average molecular weight is 395 g/mol. The minimum absolute atomic E-state index is 0.117. The fourth-order valence-corrected chi connectivity index (χ4v) is 4.34. The number of nitro benzene ring substituents is 1. The molecule has 0 unspecified atom stereocenters. The summed E-state index contributed by atoms with van der Waals surface area (Å²) >= 11 is 1.70. The maximum Gasteiger partial charge on any atom is 0.269 e. The Bertz CT molecular complexity index is 932. The largest absolute Gasteiger partial charge is 0.357 e. The first-order valence-electron chi connectivity index (χ1n) is 9.43. The molecule has 0 radical (unpaired) electrons. The number of hydrogen-bond donors (Lipinski definition) is 1. The third-order valence-corrected chi connectivity index (χ3v) is 6.03. The number of non-ortho nitro benzene ring substituents is 1. The Kier molecular flexibility index (Phi) is 5.64. The van der Waals surface area contributed by atoms with E-state index in [1.54, 1.807) is 35.6 Å². The Morgan fingerprint density at radius 1 is 1.04 bits per heavy atom. The number of pyridine rings is 1. The van der Waals surface area contributed by atoms with E-state index in [4.69, 9.17) is 0 Å². The van der Waals surface area contributed by atoms with Crippen molar-refractivity contribution >= 4 is 22.8 Å². The highest BCUT2D eigenvalue weighted by atomic mass is 32.1. The zero-order valence-corrected chi connectivity index (χ0v) is 16.3. The second kappa shape index (κ2) is 8.50. The fraction of sp³-hybridized carbons (Fsp3) is 0.286. The Labute approximate surface area is 168 Å². The summed E-state index contributed by atoms with van der Waals surface area (Å²) in [5, 5.41) is 14.2. The molecule has 6 nitrogen and oxygen atoms in total. The number of nitrogens with one attached hydrogen (secondary N) is 1. The molecule has 1 N–H and O–H groups in total. The molecule has 7 heteroatoms. The van der Waals surface area contributed by atoms with E-state index in [0.29, 0.717) is 0 Å². The Hall–Kier alpha value is -2.77. The molecule has 1 aromatic carbocycles. The van der Waals surface area contributed by atoms with Crippen LogP contribution in [0, 0.1) is 10.1 Å². The second-order valence-electron chi connectivity index (χ2n) is 6.89. The van der Waals surface area contributed by atoms with Gasteiger partial charge in [0, 0.05) is 54.3 Å². The first kappa shape index (κ1) is 18.6. The van der Waals surface area contributed by atoms with Crippen molar-refractivity contribution in [2.75, 3.05) is 18.0 Å². The summed E-state index contributed by atoms with van der Waals surface area (Å²) in [6.45, 7) is 3.78. The van der Waals surface area contributed by atoms with E-state index in [0.717, 1.165) is 42.4 Å². The molecule has 0 bridgehead atoms. The zero-order valence-electron chi connectivity index (χ0n) is 15.5. The predicted molar refractivity (Wildman–Crippen MR) is 113 cm³/mol. The minimum Gasteiger partial charge on any atom is -0.357 e. The summed E-state index contributed by atoms with van der Waals surface area (Å²) in [4.78, 5) is 19.7. The van der Waals surface area contributed by atoms with E-state index < -0.39 is 0 Å². The van der Waals surface area contributed by atoms with Crippen LogP contribution in [0.4, 0.5) is 11.5 Å². The van der Waals surface area contributed by atoms with Crippen molar-refractivity contribution < 1.29 is 4.92 Å². The molecule has 0 saturated carbocycles. The molecule has 1 aliphatic rings. The number of nitro groups is 1. The number of aromatic nitrogens is 1. The first-order valence-corrected chi connectivity index (χ1v) is 10.2. The van der Waals surface area contributed by atoms with Gasteiger partial charge in [-0.15, -0.1) is 11.3 Å². The van der Waals surface area contributed by atoms with Gasteiger partial charge < -0.3 is 10.2 Å². The van der Waals surface area contributed by atoms with Gasteiger partial charge in [0.05, 0.1) is 4.92 Å². The maximum atomic E-state index is 10.8. The standard InChI is InChI=1S/C21H22N4O2S/c26-25(27)18-6-4-17(5-7-18)20-9-8-19(28-20)15-22-13-16-3-10-21(23-14-16)24-11-1-2-12-24/h3-10,14,22H,1-2,11-13,15H2. The Morgan fingerprint density at radius 2 is 1.82 bits per heavy atom.